The third kappa shape index (κ3) is 3.68. The van der Waals surface area contributed by atoms with Crippen LogP contribution >= 0.6 is 11.6 Å². The number of hydrazone groups is 1. The molecule has 0 saturated carbocycles. The van der Waals surface area contributed by atoms with Crippen molar-refractivity contribution in [2.75, 3.05) is 13.2 Å². The molecule has 1 aliphatic rings. The number of nitrogens with one attached hydrogen (secondary N) is 1. The molecule has 19 heavy (non-hydrogen) atoms. The van der Waals surface area contributed by atoms with E-state index in [0.29, 0.717) is 36.8 Å². The number of amides is 1. The summed E-state index contributed by atoms with van der Waals surface area (Å²) in [6, 6.07) is 5.50. The Morgan fingerprint density at radius 1 is 1.42 bits per heavy atom. The third-order valence-corrected chi connectivity index (χ3v) is 3.07. The highest BCUT2D eigenvalue weighted by molar-refractivity contribution is 6.32. The first-order chi connectivity index (χ1) is 9.20. The van der Waals surface area contributed by atoms with Gasteiger partial charge in [0.05, 0.1) is 17.3 Å². The number of nitrogens with two attached hydrogens (primary N) is 1. The van der Waals surface area contributed by atoms with Crippen molar-refractivity contribution in [3.63, 3.8) is 0 Å². The average Bonchev–Trinajstić information content (AvgIpc) is 2.42. The molecule has 0 radical (unpaired) electrons. The minimum absolute atomic E-state index is 0.0587. The molecule has 6 heteroatoms. The van der Waals surface area contributed by atoms with Crippen molar-refractivity contribution >= 4 is 23.2 Å². The van der Waals surface area contributed by atoms with Crippen molar-refractivity contribution in [2.24, 2.45) is 10.8 Å². The van der Waals surface area contributed by atoms with Crippen LogP contribution in [0.5, 0.6) is 5.75 Å². The van der Waals surface area contributed by atoms with E-state index in [9.17, 15) is 4.79 Å². The smallest absolute Gasteiger partial charge is 0.240 e. The number of benzene rings is 1. The molecule has 5 nitrogen and oxygen atoms in total. The zero-order chi connectivity index (χ0) is 13.7. The first-order valence-corrected chi connectivity index (χ1v) is 6.56. The first kappa shape index (κ1) is 13.8. The quantitative estimate of drug-likeness (QED) is 0.806. The van der Waals surface area contributed by atoms with E-state index in [1.54, 1.807) is 6.07 Å². The molecule has 0 spiro atoms. The molecule has 0 saturated heterocycles. The standard InChI is InChI=1S/C13H16ClN3O2/c14-10-8-9(11-3-5-13(18)17-16-11)2-4-12(10)19-7-1-6-15/h2,4,8H,1,3,5-7,15H2,(H,17,18). The predicted octanol–water partition coefficient (Wildman–Crippen LogP) is 1.68. The number of ether oxygens (including phenoxy) is 1. The fourth-order valence-corrected chi connectivity index (χ4v) is 1.98. The Hall–Kier alpha value is -1.59. The SMILES string of the molecule is NCCCOc1ccc(C2=NNC(=O)CC2)cc1Cl. The van der Waals surface area contributed by atoms with E-state index in [-0.39, 0.29) is 5.91 Å². The Balaban J connectivity index is 2.08. The van der Waals surface area contributed by atoms with Crippen molar-refractivity contribution in [1.29, 1.82) is 0 Å². The van der Waals surface area contributed by atoms with Crippen molar-refractivity contribution in [3.05, 3.63) is 28.8 Å². The van der Waals surface area contributed by atoms with Crippen LogP contribution in [0.4, 0.5) is 0 Å². The molecule has 0 aliphatic carbocycles. The molecule has 0 bridgehead atoms. The second-order valence-electron chi connectivity index (χ2n) is 4.23. The number of hydrogen-bond donors (Lipinski definition) is 2. The van der Waals surface area contributed by atoms with Crippen LogP contribution in [0.15, 0.2) is 23.3 Å². The van der Waals surface area contributed by atoms with Gasteiger partial charge in [0.2, 0.25) is 5.91 Å². The number of nitrogens with zero attached hydrogens (tertiary/aromatic N) is 1. The number of carbonyl (C=O) groups is 1. The van der Waals surface area contributed by atoms with Crippen LogP contribution in [0, 0.1) is 0 Å². The van der Waals surface area contributed by atoms with Gasteiger partial charge in [-0.3, -0.25) is 4.79 Å². The highest BCUT2D eigenvalue weighted by atomic mass is 35.5. The molecule has 102 valence electrons. The van der Waals surface area contributed by atoms with Crippen molar-refractivity contribution in [1.82, 2.24) is 5.43 Å². The molecule has 3 N–H and O–H groups in total. The summed E-state index contributed by atoms with van der Waals surface area (Å²) in [4.78, 5) is 11.0. The summed E-state index contributed by atoms with van der Waals surface area (Å²) in [5.41, 5.74) is 9.60. The van der Waals surface area contributed by atoms with Crippen molar-refractivity contribution in [2.45, 2.75) is 19.3 Å². The molecule has 1 aromatic carbocycles. The lowest BCUT2D eigenvalue weighted by Gasteiger charge is -2.13. The predicted molar refractivity (Wildman–Crippen MR) is 74.5 cm³/mol. The van der Waals surface area contributed by atoms with Gasteiger partial charge in [0.25, 0.3) is 0 Å². The van der Waals surface area contributed by atoms with Gasteiger partial charge >= 0.3 is 0 Å². The van der Waals surface area contributed by atoms with Gasteiger partial charge in [0.15, 0.2) is 0 Å². The van der Waals surface area contributed by atoms with Gasteiger partial charge < -0.3 is 10.5 Å². The van der Waals surface area contributed by atoms with Crippen molar-refractivity contribution in [3.8, 4) is 5.75 Å². The third-order valence-electron chi connectivity index (χ3n) is 2.78. The molecule has 1 aromatic rings. The summed E-state index contributed by atoms with van der Waals surface area (Å²) in [7, 11) is 0. The first-order valence-electron chi connectivity index (χ1n) is 6.19. The summed E-state index contributed by atoms with van der Waals surface area (Å²) in [6.07, 6.45) is 1.86. The molecule has 1 amide bonds. The summed E-state index contributed by atoms with van der Waals surface area (Å²) in [5.74, 6) is 0.580. The average molecular weight is 282 g/mol. The number of carbonyl (C=O) groups excluding carboxylic acids is 1. The van der Waals surface area contributed by atoms with Crippen LogP contribution in [0.1, 0.15) is 24.8 Å². The van der Waals surface area contributed by atoms with E-state index in [0.717, 1.165) is 17.7 Å². The highest BCUT2D eigenvalue weighted by Gasteiger charge is 2.14. The highest BCUT2D eigenvalue weighted by Crippen LogP contribution is 2.26. The molecule has 0 aromatic heterocycles. The van der Waals surface area contributed by atoms with Gasteiger partial charge in [0.1, 0.15) is 5.75 Å². The molecule has 2 rings (SSSR count). The fraction of sp³-hybridized carbons (Fsp3) is 0.385. The van der Waals surface area contributed by atoms with Crippen LogP contribution in [0.3, 0.4) is 0 Å². The molecule has 1 heterocycles. The molecule has 1 aliphatic heterocycles. The Kier molecular flexibility index (Phi) is 4.76. The zero-order valence-corrected chi connectivity index (χ0v) is 11.2. The Bertz CT molecular complexity index is 503. The van der Waals surface area contributed by atoms with Gasteiger partial charge in [-0.2, -0.15) is 5.10 Å². The lowest BCUT2D eigenvalue weighted by atomic mass is 10.0. The van der Waals surface area contributed by atoms with Crippen LogP contribution in [0.25, 0.3) is 0 Å². The van der Waals surface area contributed by atoms with Gasteiger partial charge in [-0.1, -0.05) is 11.6 Å². The van der Waals surface area contributed by atoms with Gasteiger partial charge in [-0.15, -0.1) is 0 Å². The van der Waals surface area contributed by atoms with Gasteiger partial charge in [0, 0.05) is 12.8 Å². The Labute approximate surface area is 116 Å². The Morgan fingerprint density at radius 3 is 2.89 bits per heavy atom. The minimum atomic E-state index is -0.0587. The van der Waals surface area contributed by atoms with Crippen LogP contribution < -0.4 is 15.9 Å². The normalized spacial score (nSPS) is 14.8. The maximum atomic E-state index is 11.0. The maximum absolute atomic E-state index is 11.0. The minimum Gasteiger partial charge on any atom is -0.492 e. The second kappa shape index (κ2) is 6.54. The van der Waals surface area contributed by atoms with Crippen LogP contribution in [0.2, 0.25) is 5.02 Å². The largest absolute Gasteiger partial charge is 0.492 e. The zero-order valence-electron chi connectivity index (χ0n) is 10.5. The van der Waals surface area contributed by atoms with Crippen LogP contribution in [-0.2, 0) is 4.79 Å². The summed E-state index contributed by atoms with van der Waals surface area (Å²) in [5, 5.41) is 4.56. The topological polar surface area (TPSA) is 76.7 Å². The van der Waals surface area contributed by atoms with Gasteiger partial charge in [-0.25, -0.2) is 5.43 Å². The van der Waals surface area contributed by atoms with E-state index < -0.39 is 0 Å². The Morgan fingerprint density at radius 2 is 2.26 bits per heavy atom. The van der Waals surface area contributed by atoms with E-state index >= 15 is 0 Å². The molecule has 0 unspecified atom stereocenters. The molecule has 0 fully saturated rings. The number of halogens is 1. The molecular weight excluding hydrogens is 266 g/mol. The van der Waals surface area contributed by atoms with Crippen molar-refractivity contribution < 1.29 is 9.53 Å². The lowest BCUT2D eigenvalue weighted by Crippen LogP contribution is -2.25. The second-order valence-corrected chi connectivity index (χ2v) is 4.64. The summed E-state index contributed by atoms with van der Waals surface area (Å²) in [6.45, 7) is 1.14. The van der Waals surface area contributed by atoms with Gasteiger partial charge in [-0.05, 0) is 36.7 Å². The lowest BCUT2D eigenvalue weighted by molar-refractivity contribution is -0.121. The van der Waals surface area contributed by atoms with Crippen LogP contribution in [-0.4, -0.2) is 24.8 Å². The summed E-state index contributed by atoms with van der Waals surface area (Å²) < 4.78 is 5.52. The fourth-order valence-electron chi connectivity index (χ4n) is 1.75. The summed E-state index contributed by atoms with van der Waals surface area (Å²) >= 11 is 6.16. The van der Waals surface area contributed by atoms with E-state index in [1.165, 1.54) is 0 Å². The van der Waals surface area contributed by atoms with E-state index in [2.05, 4.69) is 10.5 Å². The monoisotopic (exact) mass is 281 g/mol. The molecular formula is C13H16ClN3O2. The molecule has 0 atom stereocenters. The number of hydrogen-bond acceptors (Lipinski definition) is 4. The maximum Gasteiger partial charge on any atom is 0.240 e. The number of rotatable bonds is 5. The van der Waals surface area contributed by atoms with E-state index in [1.807, 2.05) is 12.1 Å². The van der Waals surface area contributed by atoms with E-state index in [4.69, 9.17) is 22.1 Å².